The van der Waals surface area contributed by atoms with Crippen molar-refractivity contribution in [3.8, 4) is 17.6 Å². The van der Waals surface area contributed by atoms with Crippen LogP contribution in [0.3, 0.4) is 0 Å². The highest BCUT2D eigenvalue weighted by molar-refractivity contribution is 9.10. The SMILES string of the molecule is CC#CCOc1c(Br)cccc1CNCCC. The molecule has 1 aromatic rings. The maximum atomic E-state index is 5.68. The van der Waals surface area contributed by atoms with Gasteiger partial charge in [-0.25, -0.2) is 0 Å². The molecule has 3 heteroatoms. The van der Waals surface area contributed by atoms with E-state index in [1.165, 1.54) is 0 Å². The van der Waals surface area contributed by atoms with Crippen LogP contribution < -0.4 is 10.1 Å². The molecule has 2 nitrogen and oxygen atoms in total. The number of halogens is 1. The molecule has 92 valence electrons. The first-order valence-electron chi connectivity index (χ1n) is 5.80. The highest BCUT2D eigenvalue weighted by atomic mass is 79.9. The maximum Gasteiger partial charge on any atom is 0.149 e. The normalized spacial score (nSPS) is 9.59. The molecule has 0 spiro atoms. The van der Waals surface area contributed by atoms with Crippen LogP contribution in [0.4, 0.5) is 0 Å². The molecular formula is C14H18BrNO. The molecule has 0 aliphatic heterocycles. The van der Waals surface area contributed by atoms with Gasteiger partial charge in [-0.2, -0.15) is 0 Å². The fourth-order valence-corrected chi connectivity index (χ4v) is 1.96. The highest BCUT2D eigenvalue weighted by Gasteiger charge is 2.06. The van der Waals surface area contributed by atoms with E-state index in [2.05, 4.69) is 46.1 Å². The number of ether oxygens (including phenoxy) is 1. The van der Waals surface area contributed by atoms with Crippen LogP contribution in [0.15, 0.2) is 22.7 Å². The molecule has 0 heterocycles. The quantitative estimate of drug-likeness (QED) is 0.642. The van der Waals surface area contributed by atoms with Crippen LogP contribution >= 0.6 is 15.9 Å². The smallest absolute Gasteiger partial charge is 0.149 e. The zero-order chi connectivity index (χ0) is 12.5. The molecule has 1 rings (SSSR count). The molecule has 0 amide bonds. The van der Waals surface area contributed by atoms with Crippen LogP contribution in [0.1, 0.15) is 25.8 Å². The van der Waals surface area contributed by atoms with Crippen LogP contribution in [0.2, 0.25) is 0 Å². The first kappa shape index (κ1) is 14.1. The van der Waals surface area contributed by atoms with Gasteiger partial charge in [0.2, 0.25) is 0 Å². The second-order valence-electron chi connectivity index (χ2n) is 3.62. The number of hydrogen-bond donors (Lipinski definition) is 1. The van der Waals surface area contributed by atoms with Crippen molar-refractivity contribution < 1.29 is 4.74 Å². The minimum Gasteiger partial charge on any atom is -0.479 e. The Morgan fingerprint density at radius 1 is 1.41 bits per heavy atom. The summed E-state index contributed by atoms with van der Waals surface area (Å²) in [6, 6.07) is 6.07. The Bertz CT molecular complexity index is 406. The molecule has 1 N–H and O–H groups in total. The van der Waals surface area contributed by atoms with Crippen LogP contribution in [0.5, 0.6) is 5.75 Å². The molecule has 0 saturated carbocycles. The van der Waals surface area contributed by atoms with E-state index in [1.807, 2.05) is 19.1 Å². The van der Waals surface area contributed by atoms with Crippen molar-refractivity contribution in [1.29, 1.82) is 0 Å². The first-order chi connectivity index (χ1) is 8.29. The Balaban J connectivity index is 2.71. The summed E-state index contributed by atoms with van der Waals surface area (Å²) in [6.07, 6.45) is 1.13. The first-order valence-corrected chi connectivity index (χ1v) is 6.59. The van der Waals surface area contributed by atoms with Gasteiger partial charge in [-0.15, -0.1) is 5.92 Å². The topological polar surface area (TPSA) is 21.3 Å². The number of hydrogen-bond acceptors (Lipinski definition) is 2. The predicted molar refractivity (Wildman–Crippen MR) is 75.1 cm³/mol. The summed E-state index contributed by atoms with van der Waals surface area (Å²) in [5, 5.41) is 3.37. The van der Waals surface area contributed by atoms with Gasteiger partial charge in [-0.05, 0) is 41.9 Å². The van der Waals surface area contributed by atoms with Crippen molar-refractivity contribution in [2.75, 3.05) is 13.2 Å². The van der Waals surface area contributed by atoms with Gasteiger partial charge in [0, 0.05) is 12.1 Å². The largest absolute Gasteiger partial charge is 0.479 e. The minimum atomic E-state index is 0.430. The second kappa shape index (κ2) is 8.16. The summed E-state index contributed by atoms with van der Waals surface area (Å²) in [7, 11) is 0. The van der Waals surface area contributed by atoms with E-state index in [4.69, 9.17) is 4.74 Å². The third-order valence-corrected chi connectivity index (χ3v) is 2.88. The van der Waals surface area contributed by atoms with Crippen molar-refractivity contribution in [2.24, 2.45) is 0 Å². The van der Waals surface area contributed by atoms with Gasteiger partial charge in [0.25, 0.3) is 0 Å². The van der Waals surface area contributed by atoms with Crippen LogP contribution in [0, 0.1) is 11.8 Å². The van der Waals surface area contributed by atoms with Gasteiger partial charge >= 0.3 is 0 Å². The van der Waals surface area contributed by atoms with Crippen molar-refractivity contribution in [1.82, 2.24) is 5.32 Å². The van der Waals surface area contributed by atoms with Crippen LogP contribution in [-0.2, 0) is 6.54 Å². The van der Waals surface area contributed by atoms with Crippen molar-refractivity contribution >= 4 is 15.9 Å². The van der Waals surface area contributed by atoms with Crippen molar-refractivity contribution in [2.45, 2.75) is 26.8 Å². The van der Waals surface area contributed by atoms with E-state index >= 15 is 0 Å². The number of para-hydroxylation sites is 1. The Morgan fingerprint density at radius 2 is 2.24 bits per heavy atom. The fourth-order valence-electron chi connectivity index (χ4n) is 1.43. The molecular weight excluding hydrogens is 278 g/mol. The van der Waals surface area contributed by atoms with E-state index in [0.717, 1.165) is 35.3 Å². The van der Waals surface area contributed by atoms with Gasteiger partial charge in [0.1, 0.15) is 12.4 Å². The lowest BCUT2D eigenvalue weighted by molar-refractivity contribution is 0.362. The zero-order valence-corrected chi connectivity index (χ0v) is 11.9. The zero-order valence-electron chi connectivity index (χ0n) is 10.3. The molecule has 17 heavy (non-hydrogen) atoms. The molecule has 0 bridgehead atoms. The Kier molecular flexibility index (Phi) is 6.76. The summed E-state index contributed by atoms with van der Waals surface area (Å²) in [4.78, 5) is 0. The summed E-state index contributed by atoms with van der Waals surface area (Å²) < 4.78 is 6.66. The lowest BCUT2D eigenvalue weighted by atomic mass is 10.2. The molecule has 0 unspecified atom stereocenters. The predicted octanol–water partition coefficient (Wildman–Crippen LogP) is 3.35. The van der Waals surface area contributed by atoms with Gasteiger partial charge in [-0.3, -0.25) is 0 Å². The summed E-state index contributed by atoms with van der Waals surface area (Å²) in [5.41, 5.74) is 1.16. The van der Waals surface area contributed by atoms with E-state index in [0.29, 0.717) is 6.61 Å². The average Bonchev–Trinajstić information content (AvgIpc) is 2.33. The van der Waals surface area contributed by atoms with E-state index in [1.54, 1.807) is 0 Å². The van der Waals surface area contributed by atoms with E-state index < -0.39 is 0 Å². The maximum absolute atomic E-state index is 5.68. The van der Waals surface area contributed by atoms with Gasteiger partial charge in [-0.1, -0.05) is 25.0 Å². The van der Waals surface area contributed by atoms with Crippen LogP contribution in [0.25, 0.3) is 0 Å². The number of rotatable bonds is 6. The van der Waals surface area contributed by atoms with E-state index in [-0.39, 0.29) is 0 Å². The Morgan fingerprint density at radius 3 is 2.94 bits per heavy atom. The molecule has 0 fully saturated rings. The second-order valence-corrected chi connectivity index (χ2v) is 4.47. The van der Waals surface area contributed by atoms with E-state index in [9.17, 15) is 0 Å². The van der Waals surface area contributed by atoms with Crippen LogP contribution in [-0.4, -0.2) is 13.2 Å². The van der Waals surface area contributed by atoms with Crippen molar-refractivity contribution in [3.05, 3.63) is 28.2 Å². The Labute approximate surface area is 112 Å². The molecule has 0 radical (unpaired) electrons. The molecule has 1 aromatic carbocycles. The molecule has 0 aliphatic carbocycles. The fraction of sp³-hybridized carbons (Fsp3) is 0.429. The third-order valence-electron chi connectivity index (χ3n) is 2.26. The van der Waals surface area contributed by atoms with Gasteiger partial charge < -0.3 is 10.1 Å². The molecule has 0 aromatic heterocycles. The standard InChI is InChI=1S/C14H18BrNO/c1-3-5-10-17-14-12(11-16-9-4-2)7-6-8-13(14)15/h6-8,16H,4,9-11H2,1-2H3. The van der Waals surface area contributed by atoms with Gasteiger partial charge in [0.15, 0.2) is 0 Å². The number of nitrogens with one attached hydrogen (secondary N) is 1. The molecule has 0 saturated heterocycles. The summed E-state index contributed by atoms with van der Waals surface area (Å²) in [6.45, 7) is 6.23. The summed E-state index contributed by atoms with van der Waals surface area (Å²) in [5.74, 6) is 6.62. The summed E-state index contributed by atoms with van der Waals surface area (Å²) >= 11 is 3.51. The highest BCUT2D eigenvalue weighted by Crippen LogP contribution is 2.28. The van der Waals surface area contributed by atoms with Crippen molar-refractivity contribution in [3.63, 3.8) is 0 Å². The minimum absolute atomic E-state index is 0.430. The molecule has 0 aliphatic rings. The third kappa shape index (κ3) is 4.80. The Hall–Kier alpha value is -0.980. The number of benzene rings is 1. The molecule has 0 atom stereocenters. The average molecular weight is 296 g/mol. The lowest BCUT2D eigenvalue weighted by Gasteiger charge is -2.12. The lowest BCUT2D eigenvalue weighted by Crippen LogP contribution is -2.14. The monoisotopic (exact) mass is 295 g/mol. The van der Waals surface area contributed by atoms with Gasteiger partial charge in [0.05, 0.1) is 4.47 Å².